The maximum Gasteiger partial charge on any atom is 0.241 e. The highest BCUT2D eigenvalue weighted by Gasteiger charge is 2.13. The topological polar surface area (TPSA) is 75.4 Å². The van der Waals surface area contributed by atoms with Crippen LogP contribution in [-0.4, -0.2) is 42.9 Å². The van der Waals surface area contributed by atoms with Crippen molar-refractivity contribution in [3.05, 3.63) is 35.4 Å². The van der Waals surface area contributed by atoms with Crippen LogP contribution in [0.25, 0.3) is 0 Å². The van der Waals surface area contributed by atoms with Gasteiger partial charge in [0.1, 0.15) is 0 Å². The number of nitrogens with two attached hydrogens (primary N) is 1. The molecule has 5 nitrogen and oxygen atoms in total. The predicted octanol–water partition coefficient (Wildman–Crippen LogP) is 1.88. The van der Waals surface area contributed by atoms with Crippen molar-refractivity contribution < 1.29 is 9.59 Å². The molecule has 1 rings (SSSR count). The van der Waals surface area contributed by atoms with Crippen LogP contribution in [0.15, 0.2) is 24.3 Å². The highest BCUT2D eigenvalue weighted by Crippen LogP contribution is 2.06. The molecular weight excluding hydrogens is 302 g/mol. The van der Waals surface area contributed by atoms with Crippen LogP contribution in [0.5, 0.6) is 0 Å². The molecule has 0 bridgehead atoms. The van der Waals surface area contributed by atoms with E-state index in [0.29, 0.717) is 25.3 Å². The Balaban J connectivity index is 2.25. The Kier molecular flexibility index (Phi) is 8.47. The molecule has 0 saturated carbocycles. The Morgan fingerprint density at radius 3 is 2.42 bits per heavy atom. The zero-order chi connectivity index (χ0) is 18.1. The summed E-state index contributed by atoms with van der Waals surface area (Å²) in [7, 11) is 1.74. The molecule has 0 fully saturated rings. The van der Waals surface area contributed by atoms with Crippen LogP contribution in [0.2, 0.25) is 0 Å². The van der Waals surface area contributed by atoms with Crippen molar-refractivity contribution in [1.29, 1.82) is 0 Å². The molecule has 0 aromatic heterocycles. The van der Waals surface area contributed by atoms with Gasteiger partial charge < -0.3 is 16.0 Å². The Labute approximate surface area is 145 Å². The van der Waals surface area contributed by atoms with Gasteiger partial charge >= 0.3 is 0 Å². The van der Waals surface area contributed by atoms with E-state index in [1.807, 2.05) is 31.2 Å². The van der Waals surface area contributed by atoms with Gasteiger partial charge in [-0.15, -0.1) is 0 Å². The Hall–Kier alpha value is -1.88. The number of benzene rings is 1. The third-order valence-corrected chi connectivity index (χ3v) is 4.28. The average molecular weight is 333 g/mol. The second-order valence-corrected chi connectivity index (χ2v) is 6.77. The SMILES string of the molecule is Cc1ccc(CCC(=O)NCC(=O)N(C)CCC(N)C(C)C)cc1. The molecule has 24 heavy (non-hydrogen) atoms. The summed E-state index contributed by atoms with van der Waals surface area (Å²) in [4.78, 5) is 25.5. The van der Waals surface area contributed by atoms with E-state index in [1.165, 1.54) is 5.56 Å². The lowest BCUT2D eigenvalue weighted by Gasteiger charge is -2.21. The number of hydrogen-bond acceptors (Lipinski definition) is 3. The lowest BCUT2D eigenvalue weighted by atomic mass is 10.0. The molecule has 0 aliphatic heterocycles. The molecule has 0 aliphatic carbocycles. The van der Waals surface area contributed by atoms with E-state index in [4.69, 9.17) is 5.73 Å². The van der Waals surface area contributed by atoms with Crippen molar-refractivity contribution in [3.63, 3.8) is 0 Å². The molecular formula is C19H31N3O2. The fourth-order valence-electron chi connectivity index (χ4n) is 2.21. The van der Waals surface area contributed by atoms with Crippen LogP contribution in [0.4, 0.5) is 0 Å². The molecule has 0 heterocycles. The molecule has 1 atom stereocenters. The zero-order valence-corrected chi connectivity index (χ0v) is 15.3. The highest BCUT2D eigenvalue weighted by molar-refractivity contribution is 5.84. The van der Waals surface area contributed by atoms with E-state index >= 15 is 0 Å². The van der Waals surface area contributed by atoms with Crippen LogP contribution in [0.3, 0.4) is 0 Å². The quantitative estimate of drug-likeness (QED) is 0.724. The van der Waals surface area contributed by atoms with Crippen LogP contribution < -0.4 is 11.1 Å². The molecule has 0 aliphatic rings. The van der Waals surface area contributed by atoms with Crippen molar-refractivity contribution in [2.75, 3.05) is 20.1 Å². The molecule has 1 aromatic rings. The fourth-order valence-corrected chi connectivity index (χ4v) is 2.21. The van der Waals surface area contributed by atoms with Crippen molar-refractivity contribution in [3.8, 4) is 0 Å². The maximum atomic E-state index is 12.0. The summed E-state index contributed by atoms with van der Waals surface area (Å²) in [6.07, 6.45) is 1.83. The van der Waals surface area contributed by atoms with Crippen molar-refractivity contribution in [2.45, 2.75) is 46.1 Å². The lowest BCUT2D eigenvalue weighted by molar-refractivity contribution is -0.131. The summed E-state index contributed by atoms with van der Waals surface area (Å²) < 4.78 is 0. The van der Waals surface area contributed by atoms with Gasteiger partial charge in [0.15, 0.2) is 0 Å². The average Bonchev–Trinajstić information content (AvgIpc) is 2.56. The van der Waals surface area contributed by atoms with Gasteiger partial charge in [0, 0.05) is 26.1 Å². The normalized spacial score (nSPS) is 12.1. The zero-order valence-electron chi connectivity index (χ0n) is 15.3. The van der Waals surface area contributed by atoms with Gasteiger partial charge in [-0.1, -0.05) is 43.7 Å². The minimum absolute atomic E-state index is 0.0418. The monoisotopic (exact) mass is 333 g/mol. The number of aryl methyl sites for hydroxylation is 2. The summed E-state index contributed by atoms with van der Waals surface area (Å²) >= 11 is 0. The molecule has 5 heteroatoms. The first-order valence-corrected chi connectivity index (χ1v) is 8.61. The van der Waals surface area contributed by atoms with Crippen LogP contribution >= 0.6 is 0 Å². The first kappa shape index (κ1) is 20.2. The number of nitrogens with zero attached hydrogens (tertiary/aromatic N) is 1. The largest absolute Gasteiger partial charge is 0.347 e. The number of rotatable bonds is 9. The second-order valence-electron chi connectivity index (χ2n) is 6.77. The van der Waals surface area contributed by atoms with E-state index in [1.54, 1.807) is 11.9 Å². The molecule has 3 N–H and O–H groups in total. The van der Waals surface area contributed by atoms with Gasteiger partial charge in [0.05, 0.1) is 6.54 Å². The van der Waals surface area contributed by atoms with Crippen LogP contribution in [0, 0.1) is 12.8 Å². The summed E-state index contributed by atoms with van der Waals surface area (Å²) in [5, 5.41) is 2.69. The van der Waals surface area contributed by atoms with Gasteiger partial charge in [-0.05, 0) is 31.2 Å². The Morgan fingerprint density at radius 2 is 1.83 bits per heavy atom. The molecule has 1 aromatic carbocycles. The standard InChI is InChI=1S/C19H31N3O2/c1-14(2)17(20)11-12-22(4)19(24)13-21-18(23)10-9-16-7-5-15(3)6-8-16/h5-8,14,17H,9-13,20H2,1-4H3,(H,21,23). The number of amides is 2. The molecule has 2 amide bonds. The van der Waals surface area contributed by atoms with Crippen molar-refractivity contribution in [2.24, 2.45) is 11.7 Å². The molecule has 0 saturated heterocycles. The third-order valence-electron chi connectivity index (χ3n) is 4.28. The number of carbonyl (C=O) groups excluding carboxylic acids is 2. The fraction of sp³-hybridized carbons (Fsp3) is 0.579. The Morgan fingerprint density at radius 1 is 1.21 bits per heavy atom. The van der Waals surface area contributed by atoms with Gasteiger partial charge in [-0.25, -0.2) is 0 Å². The summed E-state index contributed by atoms with van der Waals surface area (Å²) in [6, 6.07) is 8.21. The smallest absolute Gasteiger partial charge is 0.241 e. The van der Waals surface area contributed by atoms with Gasteiger partial charge in [0.25, 0.3) is 0 Å². The number of likely N-dealkylation sites (N-methyl/N-ethyl adjacent to an activating group) is 1. The predicted molar refractivity (Wildman–Crippen MR) is 97.6 cm³/mol. The minimum atomic E-state index is -0.101. The first-order valence-electron chi connectivity index (χ1n) is 8.61. The highest BCUT2D eigenvalue weighted by atomic mass is 16.2. The summed E-state index contributed by atoms with van der Waals surface area (Å²) in [5.41, 5.74) is 8.31. The molecule has 0 spiro atoms. The third kappa shape index (κ3) is 7.59. The van der Waals surface area contributed by atoms with E-state index in [2.05, 4.69) is 19.2 Å². The van der Waals surface area contributed by atoms with E-state index < -0.39 is 0 Å². The van der Waals surface area contributed by atoms with Crippen molar-refractivity contribution >= 4 is 11.8 Å². The number of nitrogens with one attached hydrogen (secondary N) is 1. The minimum Gasteiger partial charge on any atom is -0.347 e. The van der Waals surface area contributed by atoms with E-state index in [0.717, 1.165) is 12.0 Å². The lowest BCUT2D eigenvalue weighted by Crippen LogP contribution is -2.40. The van der Waals surface area contributed by atoms with Gasteiger partial charge in [0.2, 0.25) is 11.8 Å². The van der Waals surface area contributed by atoms with Gasteiger partial charge in [-0.3, -0.25) is 9.59 Å². The number of hydrogen-bond donors (Lipinski definition) is 2. The van der Waals surface area contributed by atoms with Crippen molar-refractivity contribution in [1.82, 2.24) is 10.2 Å². The molecule has 134 valence electrons. The molecule has 0 radical (unpaired) electrons. The summed E-state index contributed by atoms with van der Waals surface area (Å²) in [5.74, 6) is 0.209. The van der Waals surface area contributed by atoms with E-state index in [-0.39, 0.29) is 24.4 Å². The van der Waals surface area contributed by atoms with Gasteiger partial charge in [-0.2, -0.15) is 0 Å². The Bertz CT molecular complexity index is 526. The first-order chi connectivity index (χ1) is 11.3. The van der Waals surface area contributed by atoms with Crippen LogP contribution in [0.1, 0.15) is 37.8 Å². The van der Waals surface area contributed by atoms with E-state index in [9.17, 15) is 9.59 Å². The summed E-state index contributed by atoms with van der Waals surface area (Å²) in [6.45, 7) is 6.83. The second kappa shape index (κ2) is 10.1. The molecule has 1 unspecified atom stereocenters. The number of carbonyl (C=O) groups is 2. The van der Waals surface area contributed by atoms with Crippen LogP contribution in [-0.2, 0) is 16.0 Å². The maximum absolute atomic E-state index is 12.0.